The molecule has 0 bridgehead atoms. The van der Waals surface area contributed by atoms with Crippen LogP contribution in [0.1, 0.15) is 36.9 Å². The van der Waals surface area contributed by atoms with Crippen LogP contribution in [0.3, 0.4) is 0 Å². The van der Waals surface area contributed by atoms with Crippen molar-refractivity contribution in [2.45, 2.75) is 32.7 Å². The SMILES string of the molecule is COc1ccc([C@@H]2[C@@H](C(=O)OCC(C)=O)CCC(=O)N2c2ccc(C)cc2)cc1OC. The molecule has 2 atom stereocenters. The largest absolute Gasteiger partial charge is 0.493 e. The molecule has 1 amide bonds. The maximum atomic E-state index is 13.0. The lowest BCUT2D eigenvalue weighted by molar-refractivity contribution is -0.153. The first-order chi connectivity index (χ1) is 14.8. The lowest BCUT2D eigenvalue weighted by atomic mass is 9.83. The number of aryl methyl sites for hydroxylation is 1. The number of carbonyl (C=O) groups excluding carboxylic acids is 3. The summed E-state index contributed by atoms with van der Waals surface area (Å²) in [5.74, 6) is -0.405. The Morgan fingerprint density at radius 2 is 1.71 bits per heavy atom. The maximum absolute atomic E-state index is 13.0. The van der Waals surface area contributed by atoms with Crippen LogP contribution in [0.25, 0.3) is 0 Å². The molecular formula is C24H27NO6. The summed E-state index contributed by atoms with van der Waals surface area (Å²) in [6.07, 6.45) is 0.536. The number of anilines is 1. The first-order valence-corrected chi connectivity index (χ1v) is 10.1. The minimum Gasteiger partial charge on any atom is -0.493 e. The summed E-state index contributed by atoms with van der Waals surface area (Å²) < 4.78 is 16.0. The van der Waals surface area contributed by atoms with Crippen molar-refractivity contribution in [3.05, 3.63) is 53.6 Å². The van der Waals surface area contributed by atoms with Gasteiger partial charge in [-0.1, -0.05) is 23.8 Å². The number of ether oxygens (including phenoxy) is 3. The highest BCUT2D eigenvalue weighted by Gasteiger charge is 2.42. The topological polar surface area (TPSA) is 82.1 Å². The second-order valence-electron chi connectivity index (χ2n) is 7.61. The minimum absolute atomic E-state index is 0.0840. The maximum Gasteiger partial charge on any atom is 0.311 e. The average Bonchev–Trinajstić information content (AvgIpc) is 2.77. The van der Waals surface area contributed by atoms with Gasteiger partial charge in [-0.15, -0.1) is 0 Å². The zero-order valence-corrected chi connectivity index (χ0v) is 18.2. The third kappa shape index (κ3) is 4.87. The van der Waals surface area contributed by atoms with E-state index in [1.807, 2.05) is 37.3 Å². The zero-order valence-electron chi connectivity index (χ0n) is 18.2. The molecule has 0 spiro atoms. The molecular weight excluding hydrogens is 398 g/mol. The van der Waals surface area contributed by atoms with E-state index in [1.165, 1.54) is 14.0 Å². The number of rotatable bonds is 7. The minimum atomic E-state index is -0.628. The van der Waals surface area contributed by atoms with Crippen LogP contribution >= 0.6 is 0 Å². The molecule has 31 heavy (non-hydrogen) atoms. The Labute approximate surface area is 181 Å². The molecule has 2 aromatic carbocycles. The fourth-order valence-electron chi connectivity index (χ4n) is 3.85. The van der Waals surface area contributed by atoms with Crippen LogP contribution in [0, 0.1) is 12.8 Å². The van der Waals surface area contributed by atoms with Crippen molar-refractivity contribution in [2.24, 2.45) is 5.92 Å². The predicted molar refractivity (Wildman–Crippen MR) is 115 cm³/mol. The molecule has 0 saturated carbocycles. The standard InChI is InChI=1S/C24H27NO6/c1-15-5-8-18(9-6-15)25-22(27)12-10-19(24(28)31-14-16(2)26)23(25)17-7-11-20(29-3)21(13-17)30-4/h5-9,11,13,19,23H,10,12,14H2,1-4H3/t19-,23+/m0/s1. The van der Waals surface area contributed by atoms with E-state index in [9.17, 15) is 14.4 Å². The second-order valence-corrected chi connectivity index (χ2v) is 7.61. The normalized spacial score (nSPS) is 18.5. The summed E-state index contributed by atoms with van der Waals surface area (Å²) >= 11 is 0. The number of esters is 1. The van der Waals surface area contributed by atoms with Crippen LogP contribution in [0.2, 0.25) is 0 Å². The number of amides is 1. The van der Waals surface area contributed by atoms with Crippen molar-refractivity contribution < 1.29 is 28.6 Å². The van der Waals surface area contributed by atoms with E-state index >= 15 is 0 Å². The van der Waals surface area contributed by atoms with Gasteiger partial charge in [0, 0.05) is 12.1 Å². The number of nitrogens with zero attached hydrogens (tertiary/aromatic N) is 1. The first-order valence-electron chi connectivity index (χ1n) is 10.1. The lowest BCUT2D eigenvalue weighted by Crippen LogP contribution is -2.46. The molecule has 0 unspecified atom stereocenters. The Balaban J connectivity index is 2.09. The van der Waals surface area contributed by atoms with Gasteiger partial charge in [-0.3, -0.25) is 14.4 Å². The van der Waals surface area contributed by atoms with Gasteiger partial charge in [0.05, 0.1) is 26.2 Å². The average molecular weight is 425 g/mol. The van der Waals surface area contributed by atoms with Gasteiger partial charge in [0.1, 0.15) is 6.61 Å². The number of Topliss-reactive ketones (excluding diaryl/α,β-unsaturated/α-hetero) is 1. The van der Waals surface area contributed by atoms with Crippen molar-refractivity contribution in [3.8, 4) is 11.5 Å². The summed E-state index contributed by atoms with van der Waals surface area (Å²) in [6.45, 7) is 3.05. The summed E-state index contributed by atoms with van der Waals surface area (Å²) in [5.41, 5.74) is 2.48. The molecule has 1 aliphatic rings. The van der Waals surface area contributed by atoms with E-state index in [4.69, 9.17) is 14.2 Å². The number of benzene rings is 2. The van der Waals surface area contributed by atoms with Gasteiger partial charge in [-0.05, 0) is 50.1 Å². The summed E-state index contributed by atoms with van der Waals surface area (Å²) in [5, 5.41) is 0. The zero-order chi connectivity index (χ0) is 22.5. The van der Waals surface area contributed by atoms with E-state index < -0.39 is 17.9 Å². The Bertz CT molecular complexity index is 969. The summed E-state index contributed by atoms with van der Waals surface area (Å²) in [7, 11) is 3.08. The third-order valence-electron chi connectivity index (χ3n) is 5.38. The second kappa shape index (κ2) is 9.64. The quantitative estimate of drug-likeness (QED) is 0.630. The Morgan fingerprint density at radius 1 is 1.03 bits per heavy atom. The van der Waals surface area contributed by atoms with Gasteiger partial charge in [-0.2, -0.15) is 0 Å². The monoisotopic (exact) mass is 425 g/mol. The van der Waals surface area contributed by atoms with Gasteiger partial charge in [-0.25, -0.2) is 0 Å². The van der Waals surface area contributed by atoms with E-state index in [1.54, 1.807) is 24.1 Å². The molecule has 1 fully saturated rings. The van der Waals surface area contributed by atoms with Crippen LogP contribution in [-0.2, 0) is 19.1 Å². The molecule has 0 aromatic heterocycles. The molecule has 1 saturated heterocycles. The molecule has 7 nitrogen and oxygen atoms in total. The summed E-state index contributed by atoms with van der Waals surface area (Å²) in [6, 6.07) is 12.3. The fourth-order valence-corrected chi connectivity index (χ4v) is 3.85. The highest BCUT2D eigenvalue weighted by atomic mass is 16.5. The number of piperidine rings is 1. The molecule has 1 heterocycles. The fraction of sp³-hybridized carbons (Fsp3) is 0.375. The first kappa shape index (κ1) is 22.3. The van der Waals surface area contributed by atoms with Gasteiger partial charge in [0.15, 0.2) is 17.3 Å². The van der Waals surface area contributed by atoms with Crippen LogP contribution in [0.5, 0.6) is 11.5 Å². The van der Waals surface area contributed by atoms with Gasteiger partial charge >= 0.3 is 5.97 Å². The van der Waals surface area contributed by atoms with Crippen LogP contribution in [-0.4, -0.2) is 38.5 Å². The highest BCUT2D eigenvalue weighted by Crippen LogP contribution is 2.42. The van der Waals surface area contributed by atoms with Crippen molar-refractivity contribution in [2.75, 3.05) is 25.7 Å². The smallest absolute Gasteiger partial charge is 0.311 e. The molecule has 3 rings (SSSR count). The van der Waals surface area contributed by atoms with Gasteiger partial charge < -0.3 is 19.1 Å². The number of carbonyl (C=O) groups is 3. The molecule has 0 radical (unpaired) electrons. The number of hydrogen-bond acceptors (Lipinski definition) is 6. The van der Waals surface area contributed by atoms with Crippen molar-refractivity contribution >= 4 is 23.3 Å². The van der Waals surface area contributed by atoms with Crippen LogP contribution in [0.15, 0.2) is 42.5 Å². The van der Waals surface area contributed by atoms with E-state index in [2.05, 4.69) is 0 Å². The van der Waals surface area contributed by atoms with E-state index in [0.717, 1.165) is 11.1 Å². The van der Waals surface area contributed by atoms with Crippen LogP contribution < -0.4 is 14.4 Å². The van der Waals surface area contributed by atoms with E-state index in [-0.39, 0.29) is 24.7 Å². The molecule has 2 aromatic rings. The number of ketones is 1. The number of hydrogen-bond donors (Lipinski definition) is 0. The van der Waals surface area contributed by atoms with Crippen LogP contribution in [0.4, 0.5) is 5.69 Å². The number of methoxy groups -OCH3 is 2. The molecule has 1 aliphatic heterocycles. The highest BCUT2D eigenvalue weighted by molar-refractivity contribution is 5.97. The third-order valence-corrected chi connectivity index (χ3v) is 5.38. The molecule has 164 valence electrons. The molecule has 7 heteroatoms. The Kier molecular flexibility index (Phi) is 6.95. The van der Waals surface area contributed by atoms with Crippen molar-refractivity contribution in [3.63, 3.8) is 0 Å². The van der Waals surface area contributed by atoms with Gasteiger partial charge in [0.25, 0.3) is 0 Å². The predicted octanol–water partition coefficient (Wildman–Crippen LogP) is 3.63. The Hall–Kier alpha value is -3.35. The van der Waals surface area contributed by atoms with E-state index in [0.29, 0.717) is 23.6 Å². The Morgan fingerprint density at radius 3 is 2.32 bits per heavy atom. The van der Waals surface area contributed by atoms with Crippen molar-refractivity contribution in [1.29, 1.82) is 0 Å². The summed E-state index contributed by atoms with van der Waals surface area (Å²) in [4.78, 5) is 38.9. The van der Waals surface area contributed by atoms with Gasteiger partial charge in [0.2, 0.25) is 5.91 Å². The lowest BCUT2D eigenvalue weighted by Gasteiger charge is -2.40. The molecule has 0 aliphatic carbocycles. The molecule has 0 N–H and O–H groups in total. The van der Waals surface area contributed by atoms with Crippen molar-refractivity contribution in [1.82, 2.24) is 0 Å².